The van der Waals surface area contributed by atoms with Gasteiger partial charge in [0.25, 0.3) is 0 Å². The fraction of sp³-hybridized carbons (Fsp3) is 0.708. The van der Waals surface area contributed by atoms with Gasteiger partial charge < -0.3 is 35.5 Å². The lowest BCUT2D eigenvalue weighted by Gasteiger charge is -2.23. The Balaban J connectivity index is 1.56. The van der Waals surface area contributed by atoms with Gasteiger partial charge in [0.05, 0.1) is 19.0 Å². The number of nitrogen functional groups attached to an aromatic ring is 1. The largest absolute Gasteiger partial charge is 0.464 e. The number of alkyl carbamates (subject to hydrolysis) is 1. The SMILES string of the molecule is CC(C)(C)OC(=O)N[C@@H](CCSC[C@H]1O[C@@H](n2cnc3c(N)ncnc32)[C@H](O)[C@@H]1O)C(=O)OCC[Si](C)(C)C. The summed E-state index contributed by atoms with van der Waals surface area (Å²) in [5.74, 6) is 0.477. The Morgan fingerprint density at radius 2 is 1.95 bits per heavy atom. The van der Waals surface area contributed by atoms with Crippen LogP contribution in [0.3, 0.4) is 0 Å². The fourth-order valence-corrected chi connectivity index (χ4v) is 5.60. The van der Waals surface area contributed by atoms with Crippen LogP contribution in [0.15, 0.2) is 12.7 Å². The van der Waals surface area contributed by atoms with Crippen molar-refractivity contribution in [2.75, 3.05) is 23.8 Å². The number of nitrogens with zero attached hydrogens (tertiary/aromatic N) is 4. The first kappa shape index (κ1) is 31.1. The van der Waals surface area contributed by atoms with Crippen LogP contribution < -0.4 is 11.1 Å². The lowest BCUT2D eigenvalue weighted by Crippen LogP contribution is -2.45. The summed E-state index contributed by atoms with van der Waals surface area (Å²) in [7, 11) is -1.40. The maximum Gasteiger partial charge on any atom is 0.408 e. The number of thioether (sulfide) groups is 1. The highest BCUT2D eigenvalue weighted by atomic mass is 32.2. The quantitative estimate of drug-likeness (QED) is 0.171. The summed E-state index contributed by atoms with van der Waals surface area (Å²) in [5.41, 5.74) is 5.89. The Bertz CT molecular complexity index is 1140. The Morgan fingerprint density at radius 1 is 1.23 bits per heavy atom. The Hall–Kier alpha value is -2.46. The van der Waals surface area contributed by atoms with Gasteiger partial charge in [-0.05, 0) is 39.0 Å². The van der Waals surface area contributed by atoms with E-state index in [1.165, 1.54) is 29.0 Å². The van der Waals surface area contributed by atoms with Crippen molar-refractivity contribution in [2.45, 2.75) is 89.1 Å². The number of esters is 1. The number of carbonyl (C=O) groups excluding carboxylic acids is 2. The third-order valence-corrected chi connectivity index (χ3v) is 8.70. The summed E-state index contributed by atoms with van der Waals surface area (Å²) in [6.45, 7) is 12.1. The molecule has 0 saturated carbocycles. The number of imidazole rings is 1. The molecule has 0 aromatic carbocycles. The molecule has 5 atom stereocenters. The number of rotatable bonds is 11. The van der Waals surface area contributed by atoms with Crippen molar-refractivity contribution < 1.29 is 34.0 Å². The van der Waals surface area contributed by atoms with Crippen molar-refractivity contribution in [3.05, 3.63) is 12.7 Å². The van der Waals surface area contributed by atoms with E-state index in [2.05, 4.69) is 39.9 Å². The van der Waals surface area contributed by atoms with Crippen molar-refractivity contribution in [1.82, 2.24) is 24.8 Å². The van der Waals surface area contributed by atoms with Crippen molar-refractivity contribution in [3.8, 4) is 0 Å². The zero-order valence-electron chi connectivity index (χ0n) is 23.3. The molecule has 1 aliphatic heterocycles. The van der Waals surface area contributed by atoms with Gasteiger partial charge in [-0.25, -0.2) is 24.5 Å². The maximum absolute atomic E-state index is 12.8. The molecule has 2 aromatic rings. The van der Waals surface area contributed by atoms with E-state index < -0.39 is 56.3 Å². The summed E-state index contributed by atoms with van der Waals surface area (Å²) >= 11 is 1.42. The first-order valence-corrected chi connectivity index (χ1v) is 17.7. The van der Waals surface area contributed by atoms with Gasteiger partial charge in [-0.15, -0.1) is 0 Å². The maximum atomic E-state index is 12.8. The van der Waals surface area contributed by atoms with Crippen LogP contribution in [0, 0.1) is 0 Å². The number of fused-ring (bicyclic) bond motifs is 1. The number of ether oxygens (including phenoxy) is 3. The van der Waals surface area contributed by atoms with E-state index in [0.717, 1.165) is 6.04 Å². The van der Waals surface area contributed by atoms with E-state index in [0.29, 0.717) is 29.3 Å². The molecule has 0 spiro atoms. The second-order valence-electron chi connectivity index (χ2n) is 11.7. The lowest BCUT2D eigenvalue weighted by atomic mass is 10.1. The number of aromatic nitrogens is 4. The smallest absolute Gasteiger partial charge is 0.408 e. The molecule has 0 radical (unpaired) electrons. The molecule has 1 fully saturated rings. The number of hydrogen-bond acceptors (Lipinski definition) is 12. The molecule has 15 heteroatoms. The second kappa shape index (κ2) is 12.8. The number of aliphatic hydroxyl groups is 2. The second-order valence-corrected chi connectivity index (χ2v) is 18.4. The highest BCUT2D eigenvalue weighted by molar-refractivity contribution is 7.99. The molecular weight excluding hydrogens is 544 g/mol. The van der Waals surface area contributed by atoms with Crippen LogP contribution in [0.25, 0.3) is 11.2 Å². The van der Waals surface area contributed by atoms with Crippen molar-refractivity contribution >= 4 is 48.9 Å². The number of amides is 1. The van der Waals surface area contributed by atoms with Crippen LogP contribution in [-0.2, 0) is 19.0 Å². The van der Waals surface area contributed by atoms with E-state index in [9.17, 15) is 19.8 Å². The van der Waals surface area contributed by atoms with E-state index in [4.69, 9.17) is 19.9 Å². The van der Waals surface area contributed by atoms with Crippen molar-refractivity contribution in [1.29, 1.82) is 0 Å². The summed E-state index contributed by atoms with van der Waals surface area (Å²) in [5, 5.41) is 23.9. The van der Waals surface area contributed by atoms with Crippen LogP contribution in [0.2, 0.25) is 25.7 Å². The van der Waals surface area contributed by atoms with Gasteiger partial charge in [0.1, 0.15) is 35.7 Å². The minimum atomic E-state index is -1.40. The monoisotopic (exact) mass is 584 g/mol. The van der Waals surface area contributed by atoms with E-state index >= 15 is 0 Å². The van der Waals surface area contributed by atoms with Crippen molar-refractivity contribution in [3.63, 3.8) is 0 Å². The van der Waals surface area contributed by atoms with Gasteiger partial charge >= 0.3 is 12.1 Å². The van der Waals surface area contributed by atoms with Crippen LogP contribution in [0.4, 0.5) is 10.6 Å². The van der Waals surface area contributed by atoms with Gasteiger partial charge in [0.15, 0.2) is 17.7 Å². The third kappa shape index (κ3) is 8.76. The molecule has 13 nitrogen and oxygen atoms in total. The Kier molecular flexibility index (Phi) is 10.2. The number of nitrogens with two attached hydrogens (primary N) is 1. The molecule has 3 rings (SSSR count). The fourth-order valence-electron chi connectivity index (χ4n) is 3.81. The highest BCUT2D eigenvalue weighted by Crippen LogP contribution is 2.33. The third-order valence-electron chi connectivity index (χ3n) is 5.90. The molecule has 39 heavy (non-hydrogen) atoms. The molecule has 218 valence electrons. The first-order valence-electron chi connectivity index (χ1n) is 12.8. The Morgan fingerprint density at radius 3 is 2.62 bits per heavy atom. The molecule has 0 unspecified atom stereocenters. The predicted molar refractivity (Wildman–Crippen MR) is 150 cm³/mol. The van der Waals surface area contributed by atoms with Crippen LogP contribution in [-0.4, -0.2) is 97.9 Å². The molecule has 2 aromatic heterocycles. The number of nitrogens with one attached hydrogen (secondary N) is 1. The van der Waals surface area contributed by atoms with E-state index in [1.807, 2.05) is 0 Å². The molecular formula is C24H40N6O7SSi. The standard InChI is InChI=1S/C24H40N6O7SSi/c1-24(2,3)37-23(34)29-14(22(33)35-8-10-39(4,5)6)7-9-38-11-15-17(31)18(32)21(36-15)30-13-28-16-19(25)26-12-27-20(16)30/h12-15,17-18,21,31-32H,7-11H2,1-6H3,(H,29,34)(H2,25,26,27)/t14-,15+,17+,18+,21+/m0/s1. The van der Waals surface area contributed by atoms with Gasteiger partial charge in [0.2, 0.25) is 0 Å². The predicted octanol–water partition coefficient (Wildman–Crippen LogP) is 1.93. The summed E-state index contributed by atoms with van der Waals surface area (Å²) < 4.78 is 18.3. The summed E-state index contributed by atoms with van der Waals surface area (Å²) in [6.07, 6.45) is -1.65. The zero-order chi connectivity index (χ0) is 29.0. The van der Waals surface area contributed by atoms with Gasteiger partial charge in [-0.3, -0.25) is 4.57 Å². The molecule has 0 aliphatic carbocycles. The molecule has 1 amide bonds. The number of carbonyl (C=O) groups is 2. The van der Waals surface area contributed by atoms with E-state index in [-0.39, 0.29) is 12.2 Å². The Labute approximate surface area is 233 Å². The van der Waals surface area contributed by atoms with Gasteiger partial charge in [0, 0.05) is 13.8 Å². The minimum absolute atomic E-state index is 0.201. The normalized spacial score (nSPS) is 22.6. The average molecular weight is 585 g/mol. The number of hydrogen-bond donors (Lipinski definition) is 4. The summed E-state index contributed by atoms with van der Waals surface area (Å²) in [6, 6.07) is -0.0677. The van der Waals surface area contributed by atoms with Crippen LogP contribution in [0.5, 0.6) is 0 Å². The molecule has 3 heterocycles. The average Bonchev–Trinajstić information content (AvgIpc) is 3.36. The number of anilines is 1. The van der Waals surface area contributed by atoms with Gasteiger partial charge in [-0.2, -0.15) is 11.8 Å². The molecule has 1 saturated heterocycles. The minimum Gasteiger partial charge on any atom is -0.464 e. The number of aliphatic hydroxyl groups excluding tert-OH is 2. The van der Waals surface area contributed by atoms with Crippen LogP contribution >= 0.6 is 11.8 Å². The summed E-state index contributed by atoms with van der Waals surface area (Å²) in [4.78, 5) is 37.4. The van der Waals surface area contributed by atoms with Gasteiger partial charge in [-0.1, -0.05) is 19.6 Å². The van der Waals surface area contributed by atoms with Crippen molar-refractivity contribution in [2.24, 2.45) is 0 Å². The molecule has 5 N–H and O–H groups in total. The molecule has 0 bridgehead atoms. The molecule has 1 aliphatic rings. The lowest BCUT2D eigenvalue weighted by molar-refractivity contribution is -0.145. The zero-order valence-corrected chi connectivity index (χ0v) is 25.1. The van der Waals surface area contributed by atoms with Crippen LogP contribution in [0.1, 0.15) is 33.4 Å². The first-order chi connectivity index (χ1) is 18.2. The highest BCUT2D eigenvalue weighted by Gasteiger charge is 2.44. The van der Waals surface area contributed by atoms with E-state index in [1.54, 1.807) is 20.8 Å². The topological polar surface area (TPSA) is 184 Å².